The Bertz CT molecular complexity index is 437. The number of nitrogens with one attached hydrogen (secondary N) is 1. The highest BCUT2D eigenvalue weighted by Crippen LogP contribution is 2.29. The number of rotatable bonds is 3. The maximum atomic E-state index is 11.2. The van der Waals surface area contributed by atoms with Crippen molar-refractivity contribution in [3.63, 3.8) is 0 Å². The Balaban J connectivity index is 2.34. The summed E-state index contributed by atoms with van der Waals surface area (Å²) in [6.07, 6.45) is 3.14. The number of benzene rings is 1. The van der Waals surface area contributed by atoms with Gasteiger partial charge in [0.15, 0.2) is 0 Å². The highest BCUT2D eigenvalue weighted by molar-refractivity contribution is 5.94. The monoisotopic (exact) mass is 232 g/mol. The summed E-state index contributed by atoms with van der Waals surface area (Å²) in [6, 6.07) is 5.41. The molecule has 1 heterocycles. The molecule has 4 nitrogen and oxygen atoms in total. The lowest BCUT2D eigenvalue weighted by Gasteiger charge is -2.21. The van der Waals surface area contributed by atoms with E-state index in [1.54, 1.807) is 12.1 Å². The van der Waals surface area contributed by atoms with Crippen molar-refractivity contribution in [2.75, 3.05) is 23.3 Å². The summed E-state index contributed by atoms with van der Waals surface area (Å²) < 4.78 is 0. The predicted molar refractivity (Wildman–Crippen MR) is 67.6 cm³/mol. The lowest BCUT2D eigenvalue weighted by molar-refractivity contribution is -0.114. The molecular formula is C13H16N2O2. The zero-order valence-corrected chi connectivity index (χ0v) is 9.90. The highest BCUT2D eigenvalue weighted by atomic mass is 16.1. The van der Waals surface area contributed by atoms with Gasteiger partial charge < -0.3 is 10.2 Å². The summed E-state index contributed by atoms with van der Waals surface area (Å²) >= 11 is 0. The van der Waals surface area contributed by atoms with E-state index in [2.05, 4.69) is 10.2 Å². The molecule has 1 N–H and O–H groups in total. The number of hydrogen-bond acceptors (Lipinski definition) is 3. The third-order valence-corrected chi connectivity index (χ3v) is 2.91. The van der Waals surface area contributed by atoms with Gasteiger partial charge in [0.05, 0.1) is 11.4 Å². The first-order valence-electron chi connectivity index (χ1n) is 5.82. The van der Waals surface area contributed by atoms with E-state index in [1.165, 1.54) is 19.8 Å². The van der Waals surface area contributed by atoms with Crippen molar-refractivity contribution in [1.29, 1.82) is 0 Å². The van der Waals surface area contributed by atoms with Crippen LogP contribution in [0.25, 0.3) is 0 Å². The molecule has 1 aromatic carbocycles. The number of hydrogen-bond donors (Lipinski definition) is 1. The molecule has 0 aromatic heterocycles. The van der Waals surface area contributed by atoms with Gasteiger partial charge in [-0.15, -0.1) is 0 Å². The molecule has 1 aromatic rings. The van der Waals surface area contributed by atoms with Crippen LogP contribution in [0.3, 0.4) is 0 Å². The summed E-state index contributed by atoms with van der Waals surface area (Å²) in [5.74, 6) is -0.117. The van der Waals surface area contributed by atoms with Gasteiger partial charge >= 0.3 is 0 Å². The number of anilines is 2. The third-order valence-electron chi connectivity index (χ3n) is 2.91. The SMILES string of the molecule is CC(=O)Nc1cc(C=O)ccc1N1CCCC1. The summed E-state index contributed by atoms with van der Waals surface area (Å²) in [4.78, 5) is 24.1. The van der Waals surface area contributed by atoms with E-state index >= 15 is 0 Å². The Hall–Kier alpha value is -1.84. The van der Waals surface area contributed by atoms with Gasteiger partial charge in [-0.25, -0.2) is 0 Å². The quantitative estimate of drug-likeness (QED) is 0.811. The first kappa shape index (κ1) is 11.6. The first-order valence-corrected chi connectivity index (χ1v) is 5.82. The summed E-state index contributed by atoms with van der Waals surface area (Å²) in [5, 5.41) is 2.79. The van der Waals surface area contributed by atoms with Crippen LogP contribution in [0.1, 0.15) is 30.1 Å². The minimum absolute atomic E-state index is 0.117. The highest BCUT2D eigenvalue weighted by Gasteiger charge is 2.16. The average molecular weight is 232 g/mol. The van der Waals surface area contributed by atoms with E-state index in [-0.39, 0.29) is 5.91 Å². The Kier molecular flexibility index (Phi) is 3.42. The zero-order valence-electron chi connectivity index (χ0n) is 9.90. The lowest BCUT2D eigenvalue weighted by atomic mass is 10.1. The third kappa shape index (κ3) is 2.64. The second-order valence-corrected chi connectivity index (χ2v) is 4.27. The van der Waals surface area contributed by atoms with Crippen molar-refractivity contribution >= 4 is 23.6 Å². The fourth-order valence-corrected chi connectivity index (χ4v) is 2.15. The maximum absolute atomic E-state index is 11.2. The normalized spacial score (nSPS) is 14.8. The number of amides is 1. The molecule has 17 heavy (non-hydrogen) atoms. The molecule has 0 saturated carbocycles. The van der Waals surface area contributed by atoms with Crippen molar-refractivity contribution < 1.29 is 9.59 Å². The molecule has 1 fully saturated rings. The van der Waals surface area contributed by atoms with E-state index in [0.29, 0.717) is 5.56 Å². The number of carbonyl (C=O) groups excluding carboxylic acids is 2. The molecular weight excluding hydrogens is 216 g/mol. The van der Waals surface area contributed by atoms with Crippen LogP contribution < -0.4 is 10.2 Å². The topological polar surface area (TPSA) is 49.4 Å². The lowest BCUT2D eigenvalue weighted by Crippen LogP contribution is -2.20. The fraction of sp³-hybridized carbons (Fsp3) is 0.385. The molecule has 0 aliphatic carbocycles. The smallest absolute Gasteiger partial charge is 0.221 e. The van der Waals surface area contributed by atoms with Crippen LogP contribution >= 0.6 is 0 Å². The first-order chi connectivity index (χ1) is 8.20. The van der Waals surface area contributed by atoms with Gasteiger partial charge in [0.25, 0.3) is 0 Å². The largest absolute Gasteiger partial charge is 0.370 e. The van der Waals surface area contributed by atoms with Crippen molar-refractivity contribution in [2.24, 2.45) is 0 Å². The van der Waals surface area contributed by atoms with Crippen LogP contribution in [0.15, 0.2) is 18.2 Å². The Labute approximate surface area is 101 Å². The van der Waals surface area contributed by atoms with Crippen LogP contribution in [0.2, 0.25) is 0 Å². The molecule has 0 radical (unpaired) electrons. The van der Waals surface area contributed by atoms with E-state index in [1.807, 2.05) is 6.07 Å². The van der Waals surface area contributed by atoms with Crippen molar-refractivity contribution in [3.05, 3.63) is 23.8 Å². The van der Waals surface area contributed by atoms with E-state index in [0.717, 1.165) is 30.8 Å². The molecule has 0 spiro atoms. The van der Waals surface area contributed by atoms with Gasteiger partial charge in [0, 0.05) is 25.6 Å². The van der Waals surface area contributed by atoms with Gasteiger partial charge in [0.1, 0.15) is 6.29 Å². The minimum atomic E-state index is -0.117. The van der Waals surface area contributed by atoms with Gasteiger partial charge in [-0.2, -0.15) is 0 Å². The Morgan fingerprint density at radius 1 is 1.35 bits per heavy atom. The molecule has 1 aliphatic rings. The van der Waals surface area contributed by atoms with Crippen LogP contribution in [0.5, 0.6) is 0 Å². The van der Waals surface area contributed by atoms with Crippen molar-refractivity contribution in [2.45, 2.75) is 19.8 Å². The molecule has 90 valence electrons. The van der Waals surface area contributed by atoms with Gasteiger partial charge in [0.2, 0.25) is 5.91 Å². The summed E-state index contributed by atoms with van der Waals surface area (Å²) in [6.45, 7) is 3.49. The van der Waals surface area contributed by atoms with E-state index < -0.39 is 0 Å². The van der Waals surface area contributed by atoms with Crippen LogP contribution in [0, 0.1) is 0 Å². The maximum Gasteiger partial charge on any atom is 0.221 e. The molecule has 1 amide bonds. The van der Waals surface area contributed by atoms with Gasteiger partial charge in [-0.1, -0.05) is 0 Å². The number of carbonyl (C=O) groups is 2. The number of nitrogens with zero attached hydrogens (tertiary/aromatic N) is 1. The molecule has 0 unspecified atom stereocenters. The van der Waals surface area contributed by atoms with Crippen LogP contribution in [0.4, 0.5) is 11.4 Å². The predicted octanol–water partition coefficient (Wildman–Crippen LogP) is 2.06. The molecule has 1 saturated heterocycles. The number of aldehydes is 1. The van der Waals surface area contributed by atoms with E-state index in [9.17, 15) is 9.59 Å². The zero-order chi connectivity index (χ0) is 12.3. The van der Waals surface area contributed by atoms with Crippen molar-refractivity contribution in [1.82, 2.24) is 0 Å². The van der Waals surface area contributed by atoms with Crippen molar-refractivity contribution in [3.8, 4) is 0 Å². The van der Waals surface area contributed by atoms with Gasteiger partial charge in [-0.05, 0) is 31.0 Å². The Morgan fingerprint density at radius 2 is 2.06 bits per heavy atom. The molecule has 1 aliphatic heterocycles. The average Bonchev–Trinajstić information content (AvgIpc) is 2.81. The molecule has 0 atom stereocenters. The standard InChI is InChI=1S/C13H16N2O2/c1-10(17)14-12-8-11(9-16)4-5-13(12)15-6-2-3-7-15/h4-5,8-9H,2-3,6-7H2,1H3,(H,14,17). The van der Waals surface area contributed by atoms with Crippen LogP contribution in [-0.2, 0) is 4.79 Å². The summed E-state index contributed by atoms with van der Waals surface area (Å²) in [7, 11) is 0. The van der Waals surface area contributed by atoms with Crippen LogP contribution in [-0.4, -0.2) is 25.3 Å². The minimum Gasteiger partial charge on any atom is -0.370 e. The van der Waals surface area contributed by atoms with Gasteiger partial charge in [-0.3, -0.25) is 9.59 Å². The Morgan fingerprint density at radius 3 is 2.65 bits per heavy atom. The summed E-state index contributed by atoms with van der Waals surface area (Å²) in [5.41, 5.74) is 2.31. The second kappa shape index (κ2) is 4.99. The molecule has 4 heteroatoms. The fourth-order valence-electron chi connectivity index (χ4n) is 2.15. The molecule has 2 rings (SSSR count). The van der Waals surface area contributed by atoms with E-state index in [4.69, 9.17) is 0 Å². The second-order valence-electron chi connectivity index (χ2n) is 4.27. The molecule has 0 bridgehead atoms.